The van der Waals surface area contributed by atoms with Gasteiger partial charge in [-0.2, -0.15) is 0 Å². The Hall–Kier alpha value is -1.75. The van der Waals surface area contributed by atoms with Crippen LogP contribution in [0, 0.1) is 5.82 Å². The van der Waals surface area contributed by atoms with E-state index in [9.17, 15) is 9.18 Å². The molecule has 92 valence electrons. The number of ketones is 1. The second-order valence-corrected chi connectivity index (χ2v) is 4.39. The third-order valence-electron chi connectivity index (χ3n) is 2.40. The third kappa shape index (κ3) is 2.41. The first kappa shape index (κ1) is 12.7. The Bertz CT molecular complexity index is 581. The van der Waals surface area contributed by atoms with Crippen molar-refractivity contribution in [2.75, 3.05) is 7.11 Å². The molecule has 0 spiro atoms. The molecule has 0 radical (unpaired) electrons. The fourth-order valence-electron chi connectivity index (χ4n) is 1.51. The van der Waals surface area contributed by atoms with Gasteiger partial charge in [0.15, 0.2) is 5.78 Å². The molecule has 0 saturated carbocycles. The van der Waals surface area contributed by atoms with Crippen molar-refractivity contribution < 1.29 is 13.9 Å². The largest absolute Gasteiger partial charge is 0.495 e. The first-order chi connectivity index (χ1) is 8.63. The molecule has 1 aromatic heterocycles. The van der Waals surface area contributed by atoms with E-state index in [0.29, 0.717) is 10.2 Å². The number of benzene rings is 1. The van der Waals surface area contributed by atoms with Crippen LogP contribution in [-0.2, 0) is 0 Å². The molecule has 0 bridgehead atoms. The van der Waals surface area contributed by atoms with Gasteiger partial charge in [0, 0.05) is 16.2 Å². The van der Waals surface area contributed by atoms with Gasteiger partial charge in [0.2, 0.25) is 0 Å². The highest BCUT2D eigenvalue weighted by Gasteiger charge is 2.17. The highest BCUT2D eigenvalue weighted by atomic mass is 79.9. The van der Waals surface area contributed by atoms with E-state index >= 15 is 0 Å². The average molecular weight is 310 g/mol. The number of methoxy groups -OCH3 is 1. The summed E-state index contributed by atoms with van der Waals surface area (Å²) >= 11 is 3.17. The van der Waals surface area contributed by atoms with Crippen molar-refractivity contribution in [2.24, 2.45) is 0 Å². The monoisotopic (exact) mass is 309 g/mol. The van der Waals surface area contributed by atoms with Gasteiger partial charge in [-0.15, -0.1) is 0 Å². The molecular weight excluding hydrogens is 301 g/mol. The Morgan fingerprint density at radius 2 is 2.17 bits per heavy atom. The molecule has 2 rings (SSSR count). The number of rotatable bonds is 3. The van der Waals surface area contributed by atoms with E-state index in [4.69, 9.17) is 4.74 Å². The van der Waals surface area contributed by atoms with Crippen LogP contribution in [-0.4, -0.2) is 17.9 Å². The molecule has 18 heavy (non-hydrogen) atoms. The van der Waals surface area contributed by atoms with Gasteiger partial charge in [-0.3, -0.25) is 9.78 Å². The van der Waals surface area contributed by atoms with Crippen molar-refractivity contribution in [1.82, 2.24) is 4.98 Å². The molecule has 0 saturated heterocycles. The minimum Gasteiger partial charge on any atom is -0.495 e. The topological polar surface area (TPSA) is 39.2 Å². The van der Waals surface area contributed by atoms with E-state index in [-0.39, 0.29) is 11.1 Å². The van der Waals surface area contributed by atoms with Crippen molar-refractivity contribution in [2.45, 2.75) is 0 Å². The lowest BCUT2D eigenvalue weighted by atomic mass is 10.0. The van der Waals surface area contributed by atoms with Crippen molar-refractivity contribution in [3.8, 4) is 5.75 Å². The number of hydrogen-bond donors (Lipinski definition) is 0. The number of pyridine rings is 1. The van der Waals surface area contributed by atoms with Crippen molar-refractivity contribution in [3.05, 3.63) is 58.1 Å². The van der Waals surface area contributed by atoms with E-state index in [1.165, 1.54) is 37.7 Å². The summed E-state index contributed by atoms with van der Waals surface area (Å²) in [6.45, 7) is 0. The summed E-state index contributed by atoms with van der Waals surface area (Å²) < 4.78 is 19.1. The summed E-state index contributed by atoms with van der Waals surface area (Å²) in [6, 6.07) is 5.91. The number of ether oxygens (including phenoxy) is 1. The van der Waals surface area contributed by atoms with Gasteiger partial charge < -0.3 is 4.74 Å². The van der Waals surface area contributed by atoms with Crippen molar-refractivity contribution >= 4 is 21.7 Å². The van der Waals surface area contributed by atoms with Gasteiger partial charge >= 0.3 is 0 Å². The lowest BCUT2D eigenvalue weighted by Gasteiger charge is -2.06. The maximum Gasteiger partial charge on any atom is 0.198 e. The second kappa shape index (κ2) is 5.27. The lowest BCUT2D eigenvalue weighted by Crippen LogP contribution is -2.06. The molecule has 0 N–H and O–H groups in total. The second-order valence-electron chi connectivity index (χ2n) is 3.54. The first-order valence-corrected chi connectivity index (χ1v) is 5.90. The molecule has 1 heterocycles. The zero-order valence-corrected chi connectivity index (χ0v) is 11.1. The van der Waals surface area contributed by atoms with Gasteiger partial charge in [-0.1, -0.05) is 6.07 Å². The number of aromatic nitrogens is 1. The zero-order chi connectivity index (χ0) is 13.1. The molecule has 0 fully saturated rings. The highest BCUT2D eigenvalue weighted by Crippen LogP contribution is 2.23. The van der Waals surface area contributed by atoms with Crippen LogP contribution in [0.1, 0.15) is 15.9 Å². The molecule has 0 aliphatic rings. The predicted octanol–water partition coefficient (Wildman–Crippen LogP) is 3.22. The smallest absolute Gasteiger partial charge is 0.198 e. The Morgan fingerprint density at radius 3 is 2.83 bits per heavy atom. The molecule has 3 nitrogen and oxygen atoms in total. The maximum absolute atomic E-state index is 13.7. The van der Waals surface area contributed by atoms with Crippen LogP contribution >= 0.6 is 15.9 Å². The van der Waals surface area contributed by atoms with Crippen LogP contribution in [0.5, 0.6) is 5.75 Å². The first-order valence-electron chi connectivity index (χ1n) is 5.11. The highest BCUT2D eigenvalue weighted by molar-refractivity contribution is 9.10. The van der Waals surface area contributed by atoms with Gasteiger partial charge in [-0.25, -0.2) is 4.39 Å². The minimum absolute atomic E-state index is 0.00690. The summed E-state index contributed by atoms with van der Waals surface area (Å²) in [5.41, 5.74) is 0.271. The van der Waals surface area contributed by atoms with Crippen LogP contribution in [0.25, 0.3) is 0 Å². The van der Waals surface area contributed by atoms with Gasteiger partial charge in [0.1, 0.15) is 11.6 Å². The van der Waals surface area contributed by atoms with E-state index in [1.807, 2.05) is 0 Å². The number of hydrogen-bond acceptors (Lipinski definition) is 3. The molecule has 0 aliphatic heterocycles. The average Bonchev–Trinajstić information content (AvgIpc) is 2.38. The Morgan fingerprint density at radius 1 is 1.39 bits per heavy atom. The molecule has 2 aromatic rings. The zero-order valence-electron chi connectivity index (χ0n) is 9.48. The summed E-state index contributed by atoms with van der Waals surface area (Å²) in [5.74, 6) is -0.558. The lowest BCUT2D eigenvalue weighted by molar-refractivity contribution is 0.103. The Labute approximate surface area is 112 Å². The van der Waals surface area contributed by atoms with Crippen LogP contribution < -0.4 is 4.74 Å². The Kier molecular flexibility index (Phi) is 3.72. The standard InChI is InChI=1S/C13H9BrFNO2/c1-18-9-5-8(6-16-7-9)13(17)12-10(14)3-2-4-11(12)15/h2-7H,1H3. The molecular formula is C13H9BrFNO2. The fraction of sp³-hybridized carbons (Fsp3) is 0.0769. The minimum atomic E-state index is -0.572. The molecule has 5 heteroatoms. The van der Waals surface area contributed by atoms with Crippen LogP contribution in [0.15, 0.2) is 41.1 Å². The van der Waals surface area contributed by atoms with Gasteiger partial charge in [0.25, 0.3) is 0 Å². The molecule has 0 atom stereocenters. The summed E-state index contributed by atoms with van der Waals surface area (Å²) in [5, 5.41) is 0. The number of halogens is 2. The van der Waals surface area contributed by atoms with E-state index < -0.39 is 11.6 Å². The molecule has 0 aliphatic carbocycles. The van der Waals surface area contributed by atoms with Crippen molar-refractivity contribution in [1.29, 1.82) is 0 Å². The van der Waals surface area contributed by atoms with E-state index in [0.717, 1.165) is 0 Å². The number of carbonyl (C=O) groups is 1. The van der Waals surface area contributed by atoms with Crippen molar-refractivity contribution in [3.63, 3.8) is 0 Å². The van der Waals surface area contributed by atoms with Crippen LogP contribution in [0.2, 0.25) is 0 Å². The third-order valence-corrected chi connectivity index (χ3v) is 3.06. The fourth-order valence-corrected chi connectivity index (χ4v) is 2.04. The normalized spacial score (nSPS) is 10.2. The van der Waals surface area contributed by atoms with E-state index in [2.05, 4.69) is 20.9 Å². The number of carbonyl (C=O) groups excluding carboxylic acids is 1. The molecule has 0 unspecified atom stereocenters. The van der Waals surface area contributed by atoms with Gasteiger partial charge in [-0.05, 0) is 34.1 Å². The summed E-state index contributed by atoms with van der Waals surface area (Å²) in [6.07, 6.45) is 2.86. The van der Waals surface area contributed by atoms with Crippen LogP contribution in [0.3, 0.4) is 0 Å². The quantitative estimate of drug-likeness (QED) is 0.817. The van der Waals surface area contributed by atoms with E-state index in [1.54, 1.807) is 6.07 Å². The summed E-state index contributed by atoms with van der Waals surface area (Å²) in [4.78, 5) is 16.1. The number of nitrogens with zero attached hydrogens (tertiary/aromatic N) is 1. The van der Waals surface area contributed by atoms with Crippen LogP contribution in [0.4, 0.5) is 4.39 Å². The summed E-state index contributed by atoms with van der Waals surface area (Å²) in [7, 11) is 1.48. The maximum atomic E-state index is 13.7. The van der Waals surface area contributed by atoms with Gasteiger partial charge in [0.05, 0.1) is 18.9 Å². The molecule has 0 amide bonds. The molecule has 1 aromatic carbocycles. The SMILES string of the molecule is COc1cncc(C(=O)c2c(F)cccc2Br)c1. The predicted molar refractivity (Wildman–Crippen MR) is 68.3 cm³/mol. The Balaban J connectivity index is 2.48.